The summed E-state index contributed by atoms with van der Waals surface area (Å²) >= 11 is 0. The molecule has 1 aromatic carbocycles. The van der Waals surface area contributed by atoms with Crippen molar-refractivity contribution in [3.63, 3.8) is 0 Å². The lowest BCUT2D eigenvalue weighted by molar-refractivity contribution is -0.142. The Bertz CT molecular complexity index is 924. The van der Waals surface area contributed by atoms with Crippen LogP contribution in [0, 0.1) is 0 Å². The fourth-order valence-corrected chi connectivity index (χ4v) is 2.93. The van der Waals surface area contributed by atoms with Crippen LogP contribution in [-0.2, 0) is 15.0 Å². The third-order valence-electron chi connectivity index (χ3n) is 4.48. The number of rotatable bonds is 3. The summed E-state index contributed by atoms with van der Waals surface area (Å²) in [6.45, 7) is 4.77. The maximum atomic E-state index is 12.7. The van der Waals surface area contributed by atoms with Gasteiger partial charge >= 0.3 is 5.97 Å². The minimum absolute atomic E-state index is 0.0695. The molecular formula is C19H17NO4. The van der Waals surface area contributed by atoms with Crippen LogP contribution in [0.25, 0.3) is 11.1 Å². The summed E-state index contributed by atoms with van der Waals surface area (Å²) in [7, 11) is 0. The van der Waals surface area contributed by atoms with Gasteiger partial charge in [0.05, 0.1) is 5.56 Å². The van der Waals surface area contributed by atoms with E-state index in [0.29, 0.717) is 11.1 Å². The van der Waals surface area contributed by atoms with Gasteiger partial charge in [-0.1, -0.05) is 36.4 Å². The fraction of sp³-hybridized carbons (Fsp3) is 0.211. The molecule has 0 saturated heterocycles. The molecule has 0 spiro atoms. The highest BCUT2D eigenvalue weighted by Gasteiger charge is 2.54. The van der Waals surface area contributed by atoms with Gasteiger partial charge in [0.15, 0.2) is 16.9 Å². The van der Waals surface area contributed by atoms with Crippen LogP contribution in [0.2, 0.25) is 0 Å². The van der Waals surface area contributed by atoms with E-state index in [2.05, 4.69) is 4.98 Å². The second-order valence-corrected chi connectivity index (χ2v) is 5.92. The Morgan fingerprint density at radius 2 is 1.88 bits per heavy atom. The first-order valence-electron chi connectivity index (χ1n) is 7.62. The third-order valence-corrected chi connectivity index (χ3v) is 4.48. The first-order chi connectivity index (χ1) is 11.4. The fourth-order valence-electron chi connectivity index (χ4n) is 2.93. The number of nitrogens with one attached hydrogen (secondary N) is 1. The minimum atomic E-state index is -1.63. The maximum Gasteiger partial charge on any atom is 0.330 e. The summed E-state index contributed by atoms with van der Waals surface area (Å²) in [5.74, 6) is -0.989. The largest absolute Gasteiger partial charge is 0.424 e. The Kier molecular flexibility index (Phi) is 3.72. The molecule has 1 aliphatic heterocycles. The molecule has 0 amide bonds. The number of carbonyl (C=O) groups is 2. The monoisotopic (exact) mass is 323 g/mol. The van der Waals surface area contributed by atoms with Gasteiger partial charge in [0.1, 0.15) is 0 Å². The summed E-state index contributed by atoms with van der Waals surface area (Å²) in [6, 6.07) is 9.24. The van der Waals surface area contributed by atoms with Crippen LogP contribution in [0.1, 0.15) is 26.3 Å². The molecule has 0 radical (unpaired) electrons. The van der Waals surface area contributed by atoms with Crippen molar-refractivity contribution < 1.29 is 14.3 Å². The number of aromatic nitrogens is 1. The predicted octanol–water partition coefficient (Wildman–Crippen LogP) is 2.75. The van der Waals surface area contributed by atoms with Gasteiger partial charge in [-0.3, -0.25) is 14.4 Å². The van der Waals surface area contributed by atoms with E-state index in [0.717, 1.165) is 5.56 Å². The summed E-state index contributed by atoms with van der Waals surface area (Å²) in [5, 5.41) is 0. The van der Waals surface area contributed by atoms with E-state index in [1.807, 2.05) is 30.3 Å². The Morgan fingerprint density at radius 3 is 2.50 bits per heavy atom. The zero-order chi connectivity index (χ0) is 17.5. The van der Waals surface area contributed by atoms with Gasteiger partial charge in [0.2, 0.25) is 0 Å². The lowest BCUT2D eigenvalue weighted by Gasteiger charge is -2.18. The molecule has 0 saturated carbocycles. The van der Waals surface area contributed by atoms with Crippen molar-refractivity contribution in [2.45, 2.75) is 26.2 Å². The van der Waals surface area contributed by atoms with Crippen molar-refractivity contribution in [1.29, 1.82) is 0 Å². The van der Waals surface area contributed by atoms with Crippen LogP contribution in [0.3, 0.4) is 0 Å². The van der Waals surface area contributed by atoms with Gasteiger partial charge < -0.3 is 9.72 Å². The number of Topliss-reactive ketones (excluding diaryl/α,β-unsaturated/α-hetero) is 1. The van der Waals surface area contributed by atoms with E-state index in [1.165, 1.54) is 13.1 Å². The van der Waals surface area contributed by atoms with E-state index in [4.69, 9.17) is 4.74 Å². The van der Waals surface area contributed by atoms with Crippen LogP contribution < -0.4 is 10.3 Å². The summed E-state index contributed by atoms with van der Waals surface area (Å²) in [6.07, 6.45) is 3.12. The van der Waals surface area contributed by atoms with Crippen LogP contribution in [0.15, 0.2) is 53.0 Å². The molecule has 1 aliphatic rings. The molecule has 1 atom stereocenters. The molecule has 122 valence electrons. The minimum Gasteiger partial charge on any atom is -0.424 e. The van der Waals surface area contributed by atoms with Crippen molar-refractivity contribution in [3.05, 3.63) is 64.1 Å². The van der Waals surface area contributed by atoms with Crippen LogP contribution in [0.5, 0.6) is 5.75 Å². The summed E-state index contributed by atoms with van der Waals surface area (Å²) in [5.41, 5.74) is -0.280. The smallest absolute Gasteiger partial charge is 0.330 e. The van der Waals surface area contributed by atoms with Crippen molar-refractivity contribution >= 4 is 11.8 Å². The summed E-state index contributed by atoms with van der Waals surface area (Å²) in [4.78, 5) is 40.3. The van der Waals surface area contributed by atoms with Crippen molar-refractivity contribution in [2.24, 2.45) is 0 Å². The van der Waals surface area contributed by atoms with Crippen molar-refractivity contribution in [2.75, 3.05) is 0 Å². The average Bonchev–Trinajstić information content (AvgIpc) is 2.87. The number of esters is 1. The number of hydrogen-bond donors (Lipinski definition) is 1. The number of ketones is 1. The molecule has 0 aliphatic carbocycles. The SMILES string of the molecule is C/C=C(\C)C(=O)C1(C)C(=O)Oc2c(-c3ccccc3)c[nH]c(=O)c21. The molecule has 0 fully saturated rings. The second-order valence-electron chi connectivity index (χ2n) is 5.92. The van der Waals surface area contributed by atoms with Crippen molar-refractivity contribution in [3.8, 4) is 16.9 Å². The van der Waals surface area contributed by atoms with Gasteiger partial charge in [0, 0.05) is 11.8 Å². The number of hydrogen-bond acceptors (Lipinski definition) is 4. The van der Waals surface area contributed by atoms with E-state index in [1.54, 1.807) is 19.9 Å². The molecule has 2 aromatic rings. The Balaban J connectivity index is 2.29. The highest BCUT2D eigenvalue weighted by molar-refractivity contribution is 6.19. The van der Waals surface area contributed by atoms with Gasteiger partial charge in [-0.05, 0) is 31.9 Å². The molecular weight excluding hydrogens is 306 g/mol. The zero-order valence-electron chi connectivity index (χ0n) is 13.7. The van der Waals surface area contributed by atoms with Gasteiger partial charge in [0.25, 0.3) is 5.56 Å². The van der Waals surface area contributed by atoms with Crippen LogP contribution in [-0.4, -0.2) is 16.7 Å². The Morgan fingerprint density at radius 1 is 1.21 bits per heavy atom. The molecule has 5 heteroatoms. The predicted molar refractivity (Wildman–Crippen MR) is 89.9 cm³/mol. The number of ether oxygens (including phenoxy) is 1. The standard InChI is InChI=1S/C19H17NO4/c1-4-11(2)16(21)19(3)14-15(24-18(19)23)13(10-20-17(14)22)12-8-6-5-7-9-12/h4-10H,1-3H3,(H,20,22)/b11-4+. The molecule has 3 rings (SSSR count). The number of H-pyrrole nitrogens is 1. The molecule has 1 aromatic heterocycles. The van der Waals surface area contributed by atoms with E-state index < -0.39 is 22.7 Å². The lowest BCUT2D eigenvalue weighted by atomic mass is 9.77. The van der Waals surface area contributed by atoms with Gasteiger partial charge in [-0.2, -0.15) is 0 Å². The number of pyridine rings is 1. The number of carbonyl (C=O) groups excluding carboxylic acids is 2. The van der Waals surface area contributed by atoms with E-state index in [9.17, 15) is 14.4 Å². The topological polar surface area (TPSA) is 76.2 Å². The Labute approximate surface area is 139 Å². The third kappa shape index (κ3) is 2.12. The molecule has 5 nitrogen and oxygen atoms in total. The van der Waals surface area contributed by atoms with Gasteiger partial charge in [-0.15, -0.1) is 0 Å². The second kappa shape index (κ2) is 5.60. The van der Waals surface area contributed by atoms with Crippen molar-refractivity contribution in [1.82, 2.24) is 4.98 Å². The zero-order valence-corrected chi connectivity index (χ0v) is 13.7. The average molecular weight is 323 g/mol. The molecule has 0 bridgehead atoms. The quantitative estimate of drug-likeness (QED) is 0.535. The van der Waals surface area contributed by atoms with Crippen LogP contribution in [0.4, 0.5) is 0 Å². The number of benzene rings is 1. The first-order valence-corrected chi connectivity index (χ1v) is 7.62. The van der Waals surface area contributed by atoms with E-state index in [-0.39, 0.29) is 11.3 Å². The highest BCUT2D eigenvalue weighted by Crippen LogP contribution is 2.44. The first kappa shape index (κ1) is 15.9. The number of allylic oxidation sites excluding steroid dienone is 2. The normalized spacial score (nSPS) is 19.8. The lowest BCUT2D eigenvalue weighted by Crippen LogP contribution is -2.42. The number of aromatic amines is 1. The molecule has 2 heterocycles. The summed E-state index contributed by atoms with van der Waals surface area (Å²) < 4.78 is 5.40. The molecule has 24 heavy (non-hydrogen) atoms. The molecule has 1 unspecified atom stereocenters. The van der Waals surface area contributed by atoms with Crippen LogP contribution >= 0.6 is 0 Å². The van der Waals surface area contributed by atoms with Gasteiger partial charge in [-0.25, -0.2) is 0 Å². The Hall–Kier alpha value is -2.95. The number of fused-ring (bicyclic) bond motifs is 1. The molecule has 1 N–H and O–H groups in total. The maximum absolute atomic E-state index is 12.7. The van der Waals surface area contributed by atoms with E-state index >= 15 is 0 Å². The highest BCUT2D eigenvalue weighted by atomic mass is 16.5.